The number of thioether (sulfide) groups is 1. The Morgan fingerprint density at radius 2 is 1.14 bits per heavy atom. The molecule has 0 aromatic heterocycles. The normalized spacial score (nSPS) is 16.3. The van der Waals surface area contributed by atoms with Crippen LogP contribution in [0.3, 0.4) is 0 Å². The number of Topliss-reactive ketones (excluding diaryl/α,β-unsaturated/α-hetero) is 1. The van der Waals surface area contributed by atoms with Crippen molar-refractivity contribution in [2.45, 2.75) is 70.5 Å². The standard InChI is InChI=1S/C62H64FN3O2S2/c1-2-59(67)61-57(48-34-36-52(63)37-35-48)46-53-38-39-58(61)66(53)42-21-41-65(43-44-69-62(49-22-9-3-10-23-49,50-24-11-4-12-25-50)51-26-13-5-14-27-51)47-60(68)64-40-45-70(54-28-15-6-16-29-54,55-30-17-7-18-31-55)56-32-19-8-20-33-56/h3-20,22-37,53,58H,2,21,38-47H2,1H3,(H,64,68). The van der Waals surface area contributed by atoms with E-state index in [2.05, 4.69) is 197 Å². The van der Waals surface area contributed by atoms with E-state index >= 15 is 0 Å². The molecule has 2 heterocycles. The summed E-state index contributed by atoms with van der Waals surface area (Å²) in [5, 5.41) is 3.43. The van der Waals surface area contributed by atoms with Gasteiger partial charge >= 0.3 is 0 Å². The second-order valence-electron chi connectivity index (χ2n) is 18.4. The third-order valence-corrected chi connectivity index (χ3v) is 19.8. The molecule has 7 aromatic carbocycles. The molecular formula is C62H64FN3O2S2. The van der Waals surface area contributed by atoms with Gasteiger partial charge in [-0.1, -0.05) is 165 Å². The number of hydrogen-bond donors (Lipinski definition) is 1. The molecule has 0 radical (unpaired) electrons. The second-order valence-corrected chi connectivity index (χ2v) is 23.0. The lowest BCUT2D eigenvalue weighted by Crippen LogP contribution is -2.45. The van der Waals surface area contributed by atoms with E-state index in [0.29, 0.717) is 25.6 Å². The van der Waals surface area contributed by atoms with Gasteiger partial charge < -0.3 is 5.32 Å². The highest BCUT2D eigenvalue weighted by Crippen LogP contribution is 2.67. The number of hydrogen-bond acceptors (Lipinski definition) is 5. The van der Waals surface area contributed by atoms with Crippen LogP contribution in [0.15, 0.2) is 227 Å². The maximum atomic E-state index is 14.5. The number of carbonyl (C=O) groups is 2. The summed E-state index contributed by atoms with van der Waals surface area (Å²) < 4.78 is 13.6. The van der Waals surface area contributed by atoms with E-state index in [1.165, 1.54) is 43.5 Å². The molecule has 5 nitrogen and oxygen atoms in total. The predicted octanol–water partition coefficient (Wildman–Crippen LogP) is 13.3. The zero-order valence-electron chi connectivity index (χ0n) is 40.2. The van der Waals surface area contributed by atoms with Crippen LogP contribution in [0.1, 0.15) is 61.3 Å². The quantitative estimate of drug-likeness (QED) is 0.0686. The number of ketones is 1. The average Bonchev–Trinajstić information content (AvgIpc) is 3.69. The van der Waals surface area contributed by atoms with Crippen LogP contribution in [0.25, 0.3) is 5.57 Å². The van der Waals surface area contributed by atoms with E-state index < -0.39 is 14.8 Å². The monoisotopic (exact) mass is 965 g/mol. The van der Waals surface area contributed by atoms with Gasteiger partial charge in [-0.05, 0) is 123 Å². The minimum absolute atomic E-state index is 0.0219. The van der Waals surface area contributed by atoms with Crippen molar-refractivity contribution in [1.82, 2.24) is 15.1 Å². The number of fused-ring (bicyclic) bond motifs is 2. The molecule has 1 saturated heterocycles. The van der Waals surface area contributed by atoms with Crippen molar-refractivity contribution < 1.29 is 14.0 Å². The van der Waals surface area contributed by atoms with Gasteiger partial charge in [0.1, 0.15) is 5.82 Å². The summed E-state index contributed by atoms with van der Waals surface area (Å²) in [6.07, 6.45) is 4.05. The first-order chi connectivity index (χ1) is 34.4. The first kappa shape index (κ1) is 49.0. The van der Waals surface area contributed by atoms with Gasteiger partial charge in [0.25, 0.3) is 0 Å². The highest BCUT2D eigenvalue weighted by atomic mass is 32.3. The van der Waals surface area contributed by atoms with E-state index in [4.69, 9.17) is 0 Å². The number of nitrogens with one attached hydrogen (secondary N) is 1. The highest BCUT2D eigenvalue weighted by Gasteiger charge is 2.43. The zero-order valence-corrected chi connectivity index (χ0v) is 41.8. The summed E-state index contributed by atoms with van der Waals surface area (Å²) in [5.41, 5.74) is 6.60. The Morgan fingerprint density at radius 3 is 1.63 bits per heavy atom. The lowest BCUT2D eigenvalue weighted by atomic mass is 9.84. The number of halogens is 1. The number of benzene rings is 7. The SMILES string of the molecule is CCC(=O)C1=C(c2ccc(F)cc2)CC2CCC1N2CCCN(CCSC(c1ccccc1)(c1ccccc1)c1ccccc1)CC(=O)NCCS(c1ccccc1)(c1ccccc1)c1ccccc1. The fourth-order valence-corrected chi connectivity index (χ4v) is 16.3. The van der Waals surface area contributed by atoms with Crippen LogP contribution in [-0.2, 0) is 14.3 Å². The molecule has 0 spiro atoms. The fraction of sp³-hybridized carbons (Fsp3) is 0.258. The highest BCUT2D eigenvalue weighted by molar-refractivity contribution is 8.33. The van der Waals surface area contributed by atoms with Gasteiger partial charge in [-0.25, -0.2) is 4.39 Å². The molecule has 2 bridgehead atoms. The fourth-order valence-electron chi connectivity index (χ4n) is 11.0. The van der Waals surface area contributed by atoms with Crippen molar-refractivity contribution in [2.24, 2.45) is 0 Å². The summed E-state index contributed by atoms with van der Waals surface area (Å²) in [5.74, 6) is 1.49. The predicted molar refractivity (Wildman–Crippen MR) is 289 cm³/mol. The molecule has 70 heavy (non-hydrogen) atoms. The third-order valence-electron chi connectivity index (χ3n) is 14.2. The Labute approximate surface area is 420 Å². The van der Waals surface area contributed by atoms with Crippen LogP contribution in [0.4, 0.5) is 4.39 Å². The van der Waals surface area contributed by atoms with Crippen molar-refractivity contribution in [1.29, 1.82) is 0 Å². The Morgan fingerprint density at radius 1 is 0.657 bits per heavy atom. The van der Waals surface area contributed by atoms with Crippen molar-refractivity contribution in [2.75, 3.05) is 44.2 Å². The topological polar surface area (TPSA) is 52.7 Å². The van der Waals surface area contributed by atoms with E-state index in [1.807, 2.05) is 30.8 Å². The molecule has 7 aromatic rings. The molecule has 358 valence electrons. The largest absolute Gasteiger partial charge is 0.354 e. The van der Waals surface area contributed by atoms with Gasteiger partial charge in [-0.3, -0.25) is 19.4 Å². The van der Waals surface area contributed by atoms with E-state index in [1.54, 1.807) is 0 Å². The number of amides is 1. The van der Waals surface area contributed by atoms with Crippen molar-refractivity contribution >= 4 is 39.1 Å². The summed E-state index contributed by atoms with van der Waals surface area (Å²) in [6.45, 7) is 5.02. The van der Waals surface area contributed by atoms with Crippen molar-refractivity contribution in [3.63, 3.8) is 0 Å². The van der Waals surface area contributed by atoms with Crippen LogP contribution in [-0.4, -0.2) is 77.8 Å². The number of rotatable bonds is 22. The molecular weight excluding hydrogens is 902 g/mol. The minimum Gasteiger partial charge on any atom is -0.354 e. The molecule has 2 unspecified atom stereocenters. The van der Waals surface area contributed by atoms with Crippen LogP contribution in [0.2, 0.25) is 0 Å². The van der Waals surface area contributed by atoms with Gasteiger partial charge in [0.2, 0.25) is 5.91 Å². The summed E-state index contributed by atoms with van der Waals surface area (Å²) in [4.78, 5) is 36.9. The molecule has 2 atom stereocenters. The van der Waals surface area contributed by atoms with Gasteiger partial charge in [-0.2, -0.15) is 10.0 Å². The molecule has 0 aliphatic carbocycles. The van der Waals surface area contributed by atoms with Crippen LogP contribution in [0, 0.1) is 5.82 Å². The summed E-state index contributed by atoms with van der Waals surface area (Å²) in [6, 6.07) is 71.9. The lowest BCUT2D eigenvalue weighted by Gasteiger charge is -2.41. The Hall–Kier alpha value is -6.03. The number of carbonyl (C=O) groups excluding carboxylic acids is 2. The molecule has 2 aliphatic heterocycles. The molecule has 1 fully saturated rings. The van der Waals surface area contributed by atoms with E-state index in [0.717, 1.165) is 67.0 Å². The molecule has 1 amide bonds. The third kappa shape index (κ3) is 10.7. The number of nitrogens with zero attached hydrogens (tertiary/aromatic N) is 2. The summed E-state index contributed by atoms with van der Waals surface area (Å²) >= 11 is 1.93. The smallest absolute Gasteiger partial charge is 0.234 e. The van der Waals surface area contributed by atoms with Crippen LogP contribution < -0.4 is 5.32 Å². The Balaban J connectivity index is 0.968. The first-order valence-electron chi connectivity index (χ1n) is 24.9. The maximum absolute atomic E-state index is 14.5. The summed E-state index contributed by atoms with van der Waals surface area (Å²) in [7, 11) is -1.72. The minimum atomic E-state index is -1.72. The van der Waals surface area contributed by atoms with E-state index in [-0.39, 0.29) is 30.1 Å². The first-order valence-corrected chi connectivity index (χ1v) is 27.7. The van der Waals surface area contributed by atoms with Gasteiger partial charge in [0, 0.05) is 55.2 Å². The lowest BCUT2D eigenvalue weighted by molar-refractivity contribution is -0.122. The molecule has 1 N–H and O–H groups in total. The molecule has 8 heteroatoms. The zero-order chi connectivity index (χ0) is 48.2. The van der Waals surface area contributed by atoms with Gasteiger partial charge in [0.05, 0.1) is 11.3 Å². The van der Waals surface area contributed by atoms with Gasteiger partial charge in [-0.15, -0.1) is 11.8 Å². The van der Waals surface area contributed by atoms with Crippen LogP contribution >= 0.6 is 21.8 Å². The van der Waals surface area contributed by atoms with Gasteiger partial charge in [0.15, 0.2) is 5.78 Å². The molecule has 9 rings (SSSR count). The van der Waals surface area contributed by atoms with Crippen molar-refractivity contribution in [3.8, 4) is 0 Å². The second kappa shape index (κ2) is 23.3. The average molecular weight is 966 g/mol. The Kier molecular flexibility index (Phi) is 16.3. The molecule has 2 aliphatic rings. The Bertz CT molecular complexity index is 2600. The van der Waals surface area contributed by atoms with Crippen LogP contribution in [0.5, 0.6) is 0 Å². The van der Waals surface area contributed by atoms with E-state index in [9.17, 15) is 14.0 Å². The maximum Gasteiger partial charge on any atom is 0.234 e. The van der Waals surface area contributed by atoms with Crippen molar-refractivity contribution in [3.05, 3.63) is 240 Å². The molecule has 0 saturated carbocycles.